The number of urea groups is 1. The first kappa shape index (κ1) is 16.8. The molecule has 0 heterocycles. The fourth-order valence-corrected chi connectivity index (χ4v) is 3.01. The van der Waals surface area contributed by atoms with E-state index in [0.717, 1.165) is 24.2 Å². The third-order valence-corrected chi connectivity index (χ3v) is 4.51. The number of hydrogen-bond acceptors (Lipinski definition) is 3. The van der Waals surface area contributed by atoms with Gasteiger partial charge in [-0.3, -0.25) is 4.79 Å². The van der Waals surface area contributed by atoms with E-state index in [4.69, 9.17) is 10.5 Å². The van der Waals surface area contributed by atoms with Gasteiger partial charge in [-0.1, -0.05) is 24.3 Å². The Morgan fingerprint density at radius 3 is 2.60 bits per heavy atom. The summed E-state index contributed by atoms with van der Waals surface area (Å²) in [5.41, 5.74) is 7.13. The minimum Gasteiger partial charge on any atom is -0.496 e. The van der Waals surface area contributed by atoms with E-state index in [-0.39, 0.29) is 11.3 Å². The van der Waals surface area contributed by atoms with Crippen molar-refractivity contribution in [3.63, 3.8) is 0 Å². The third-order valence-electron chi connectivity index (χ3n) is 4.51. The molecule has 0 atom stereocenters. The summed E-state index contributed by atoms with van der Waals surface area (Å²) in [7, 11) is 1.66. The Morgan fingerprint density at radius 2 is 1.92 bits per heavy atom. The van der Waals surface area contributed by atoms with Crippen LogP contribution in [-0.4, -0.2) is 25.6 Å². The van der Waals surface area contributed by atoms with E-state index in [9.17, 15) is 9.59 Å². The summed E-state index contributed by atoms with van der Waals surface area (Å²) in [5, 5.41) is 5.46. The molecule has 4 N–H and O–H groups in total. The highest BCUT2D eigenvalue weighted by molar-refractivity contribution is 5.96. The Labute approximate surface area is 146 Å². The Bertz CT molecular complexity index is 800. The zero-order chi connectivity index (χ0) is 17.9. The third kappa shape index (κ3) is 3.74. The van der Waals surface area contributed by atoms with Crippen LogP contribution in [-0.2, 0) is 5.41 Å². The first-order valence-electron chi connectivity index (χ1n) is 8.12. The molecule has 2 aromatic rings. The molecule has 0 aromatic heterocycles. The van der Waals surface area contributed by atoms with E-state index in [1.165, 1.54) is 0 Å². The molecule has 0 radical (unpaired) electrons. The second-order valence-electron chi connectivity index (χ2n) is 6.23. The van der Waals surface area contributed by atoms with Crippen LogP contribution in [0.4, 0.5) is 10.5 Å². The number of amides is 3. The van der Waals surface area contributed by atoms with Crippen molar-refractivity contribution in [1.29, 1.82) is 0 Å². The van der Waals surface area contributed by atoms with Crippen LogP contribution in [0.3, 0.4) is 0 Å². The molecule has 6 nitrogen and oxygen atoms in total. The maximum absolute atomic E-state index is 12.5. The van der Waals surface area contributed by atoms with Gasteiger partial charge in [0.2, 0.25) is 0 Å². The molecule has 0 spiro atoms. The van der Waals surface area contributed by atoms with Crippen molar-refractivity contribution in [2.45, 2.75) is 18.3 Å². The second kappa shape index (κ2) is 6.84. The molecule has 0 bridgehead atoms. The van der Waals surface area contributed by atoms with E-state index in [0.29, 0.717) is 17.8 Å². The average Bonchev–Trinajstić information content (AvgIpc) is 3.40. The van der Waals surface area contributed by atoms with Crippen molar-refractivity contribution in [2.75, 3.05) is 19.0 Å². The Morgan fingerprint density at radius 1 is 1.16 bits per heavy atom. The molecule has 130 valence electrons. The minimum atomic E-state index is -0.661. The molecule has 0 saturated heterocycles. The number of ether oxygens (including phenoxy) is 1. The van der Waals surface area contributed by atoms with Gasteiger partial charge in [-0.15, -0.1) is 0 Å². The van der Waals surface area contributed by atoms with Crippen LogP contribution in [0.15, 0.2) is 48.5 Å². The van der Waals surface area contributed by atoms with Gasteiger partial charge in [0, 0.05) is 28.8 Å². The zero-order valence-electron chi connectivity index (χ0n) is 14.0. The van der Waals surface area contributed by atoms with Crippen molar-refractivity contribution in [2.24, 2.45) is 5.73 Å². The van der Waals surface area contributed by atoms with Crippen molar-refractivity contribution in [3.8, 4) is 5.75 Å². The smallest absolute Gasteiger partial charge is 0.316 e. The van der Waals surface area contributed by atoms with Gasteiger partial charge in [-0.25, -0.2) is 4.79 Å². The lowest BCUT2D eigenvalue weighted by atomic mass is 9.94. The monoisotopic (exact) mass is 339 g/mol. The average molecular weight is 339 g/mol. The standard InChI is InChI=1S/C19H21N3O3/c1-25-16-8-3-2-7-15(16)19(9-10-19)12-21-17(23)13-5-4-6-14(11-13)22-18(20)24/h2-8,11H,9-10,12H2,1H3,(H,21,23)(H3,20,22,24). The van der Waals surface area contributed by atoms with E-state index in [2.05, 4.69) is 16.7 Å². The highest BCUT2D eigenvalue weighted by atomic mass is 16.5. The summed E-state index contributed by atoms with van der Waals surface area (Å²) >= 11 is 0. The van der Waals surface area contributed by atoms with Crippen LogP contribution in [0, 0.1) is 0 Å². The maximum Gasteiger partial charge on any atom is 0.316 e. The molecule has 1 saturated carbocycles. The number of methoxy groups -OCH3 is 1. The number of benzene rings is 2. The number of para-hydroxylation sites is 1. The van der Waals surface area contributed by atoms with Gasteiger partial charge in [0.15, 0.2) is 0 Å². The van der Waals surface area contributed by atoms with Gasteiger partial charge in [0.05, 0.1) is 7.11 Å². The Kier molecular flexibility index (Phi) is 4.61. The largest absolute Gasteiger partial charge is 0.496 e. The number of anilines is 1. The maximum atomic E-state index is 12.5. The highest BCUT2D eigenvalue weighted by Crippen LogP contribution is 2.50. The summed E-state index contributed by atoms with van der Waals surface area (Å²) < 4.78 is 5.45. The van der Waals surface area contributed by atoms with Crippen LogP contribution in [0.1, 0.15) is 28.8 Å². The SMILES string of the molecule is COc1ccccc1C1(CNC(=O)c2cccc(NC(N)=O)c2)CC1. The number of rotatable bonds is 6. The van der Waals surface area contributed by atoms with E-state index >= 15 is 0 Å². The number of primary amides is 1. The molecule has 1 aliphatic rings. The lowest BCUT2D eigenvalue weighted by Gasteiger charge is -2.19. The quantitative estimate of drug-likeness (QED) is 0.755. The van der Waals surface area contributed by atoms with Crippen LogP contribution in [0.5, 0.6) is 5.75 Å². The first-order chi connectivity index (χ1) is 12.0. The zero-order valence-corrected chi connectivity index (χ0v) is 14.0. The van der Waals surface area contributed by atoms with Gasteiger partial charge in [0.25, 0.3) is 5.91 Å². The van der Waals surface area contributed by atoms with Gasteiger partial charge < -0.3 is 21.1 Å². The van der Waals surface area contributed by atoms with Gasteiger partial charge in [0.1, 0.15) is 5.75 Å². The van der Waals surface area contributed by atoms with Crippen molar-refractivity contribution in [3.05, 3.63) is 59.7 Å². The number of nitrogens with two attached hydrogens (primary N) is 1. The van der Waals surface area contributed by atoms with Crippen LogP contribution < -0.4 is 21.1 Å². The number of carbonyl (C=O) groups is 2. The van der Waals surface area contributed by atoms with Crippen LogP contribution >= 0.6 is 0 Å². The normalized spacial score (nSPS) is 14.4. The summed E-state index contributed by atoms with van der Waals surface area (Å²) in [5.74, 6) is 0.663. The summed E-state index contributed by atoms with van der Waals surface area (Å²) in [6, 6.07) is 13.9. The molecule has 2 aromatic carbocycles. The lowest BCUT2D eigenvalue weighted by Crippen LogP contribution is -2.32. The molecule has 3 amide bonds. The second-order valence-corrected chi connectivity index (χ2v) is 6.23. The molecule has 3 rings (SSSR count). The molecule has 6 heteroatoms. The Hall–Kier alpha value is -3.02. The first-order valence-corrected chi connectivity index (χ1v) is 8.12. The fraction of sp³-hybridized carbons (Fsp3) is 0.263. The molecule has 1 aliphatic carbocycles. The topological polar surface area (TPSA) is 93.4 Å². The predicted molar refractivity (Wildman–Crippen MR) is 95.9 cm³/mol. The fourth-order valence-electron chi connectivity index (χ4n) is 3.01. The number of carbonyl (C=O) groups excluding carboxylic acids is 2. The highest BCUT2D eigenvalue weighted by Gasteiger charge is 2.46. The van der Waals surface area contributed by atoms with Gasteiger partial charge >= 0.3 is 6.03 Å². The molecule has 1 fully saturated rings. The molecular weight excluding hydrogens is 318 g/mol. The van der Waals surface area contributed by atoms with E-state index in [1.54, 1.807) is 31.4 Å². The van der Waals surface area contributed by atoms with Crippen LogP contribution in [0.25, 0.3) is 0 Å². The summed E-state index contributed by atoms with van der Waals surface area (Å²) in [6.45, 7) is 0.541. The molecule has 25 heavy (non-hydrogen) atoms. The van der Waals surface area contributed by atoms with Crippen molar-refractivity contribution >= 4 is 17.6 Å². The molecule has 0 aliphatic heterocycles. The molecular formula is C19H21N3O3. The lowest BCUT2D eigenvalue weighted by molar-refractivity contribution is 0.0949. The number of nitrogens with one attached hydrogen (secondary N) is 2. The van der Waals surface area contributed by atoms with E-state index in [1.807, 2.05) is 18.2 Å². The molecule has 0 unspecified atom stereocenters. The predicted octanol–water partition coefficient (Wildman–Crippen LogP) is 2.65. The summed E-state index contributed by atoms with van der Waals surface area (Å²) in [6.07, 6.45) is 2.02. The van der Waals surface area contributed by atoms with Gasteiger partial charge in [-0.05, 0) is 37.1 Å². The Balaban J connectivity index is 1.69. The van der Waals surface area contributed by atoms with Gasteiger partial charge in [-0.2, -0.15) is 0 Å². The van der Waals surface area contributed by atoms with Crippen LogP contribution in [0.2, 0.25) is 0 Å². The summed E-state index contributed by atoms with van der Waals surface area (Å²) in [4.78, 5) is 23.4. The van der Waals surface area contributed by atoms with Crippen molar-refractivity contribution < 1.29 is 14.3 Å². The van der Waals surface area contributed by atoms with E-state index < -0.39 is 6.03 Å². The van der Waals surface area contributed by atoms with Crippen molar-refractivity contribution in [1.82, 2.24) is 5.32 Å². The number of hydrogen-bond donors (Lipinski definition) is 3. The minimum absolute atomic E-state index is 0.0641.